The van der Waals surface area contributed by atoms with Gasteiger partial charge in [-0.3, -0.25) is 0 Å². The lowest BCUT2D eigenvalue weighted by atomic mass is 9.85. The zero-order valence-corrected chi connectivity index (χ0v) is 11.2. The lowest BCUT2D eigenvalue weighted by Gasteiger charge is -2.25. The second kappa shape index (κ2) is 6.28. The minimum atomic E-state index is 0.134. The Morgan fingerprint density at radius 3 is 2.38 bits per heavy atom. The molecule has 0 unspecified atom stereocenters. The molecule has 2 nitrogen and oxygen atoms in total. The molecule has 90 valence electrons. The van der Waals surface area contributed by atoms with Gasteiger partial charge in [-0.25, -0.2) is 0 Å². The lowest BCUT2D eigenvalue weighted by molar-refractivity contribution is 0.474. The lowest BCUT2D eigenvalue weighted by Crippen LogP contribution is -2.35. The van der Waals surface area contributed by atoms with Crippen molar-refractivity contribution in [1.82, 2.24) is 5.32 Å². The van der Waals surface area contributed by atoms with E-state index < -0.39 is 0 Å². The molecule has 0 spiro atoms. The number of benzene rings is 1. The van der Waals surface area contributed by atoms with Gasteiger partial charge in [0.05, 0.1) is 0 Å². The van der Waals surface area contributed by atoms with Gasteiger partial charge in [-0.1, -0.05) is 32.9 Å². The zero-order chi connectivity index (χ0) is 12.0. The monoisotopic (exact) mass is 238 g/mol. The first-order valence-electron chi connectivity index (χ1n) is 5.74. The first kappa shape index (κ1) is 13.6. The summed E-state index contributed by atoms with van der Waals surface area (Å²) < 4.78 is 0. The van der Waals surface area contributed by atoms with Crippen LogP contribution in [0.5, 0.6) is 0 Å². The van der Waals surface area contributed by atoms with Crippen molar-refractivity contribution >= 4 is 11.8 Å². The van der Waals surface area contributed by atoms with E-state index in [2.05, 4.69) is 50.4 Å². The Morgan fingerprint density at radius 2 is 1.88 bits per heavy atom. The van der Waals surface area contributed by atoms with Crippen molar-refractivity contribution in [3.8, 4) is 0 Å². The number of hydrogen-bond acceptors (Lipinski definition) is 3. The summed E-state index contributed by atoms with van der Waals surface area (Å²) in [7, 11) is 0. The van der Waals surface area contributed by atoms with Crippen molar-refractivity contribution in [2.75, 3.05) is 19.0 Å². The van der Waals surface area contributed by atoms with Gasteiger partial charge in [0.2, 0.25) is 0 Å². The van der Waals surface area contributed by atoms with Crippen LogP contribution in [0.4, 0.5) is 0 Å². The Kier molecular flexibility index (Phi) is 5.32. The first-order chi connectivity index (χ1) is 7.60. The van der Waals surface area contributed by atoms with Gasteiger partial charge < -0.3 is 11.1 Å². The highest BCUT2D eigenvalue weighted by molar-refractivity contribution is 7.99. The number of hydrogen-bond donors (Lipinski definition) is 2. The summed E-state index contributed by atoms with van der Waals surface area (Å²) in [6.45, 7) is 8.08. The summed E-state index contributed by atoms with van der Waals surface area (Å²) >= 11 is 1.88. The maximum atomic E-state index is 5.46. The number of nitrogens with one attached hydrogen (secondary N) is 1. The van der Waals surface area contributed by atoms with Crippen LogP contribution < -0.4 is 11.1 Å². The highest BCUT2D eigenvalue weighted by Gasteiger charge is 2.19. The molecule has 0 saturated heterocycles. The van der Waals surface area contributed by atoms with Crippen molar-refractivity contribution in [1.29, 1.82) is 0 Å². The maximum absolute atomic E-state index is 5.46. The average molecular weight is 238 g/mol. The molecule has 0 bridgehead atoms. The second-order valence-corrected chi connectivity index (χ2v) is 5.81. The largest absolute Gasteiger partial charge is 0.318 e. The van der Waals surface area contributed by atoms with Crippen LogP contribution in [-0.4, -0.2) is 19.0 Å². The Morgan fingerprint density at radius 1 is 1.25 bits per heavy atom. The van der Waals surface area contributed by atoms with Crippen molar-refractivity contribution < 1.29 is 0 Å². The van der Waals surface area contributed by atoms with E-state index in [1.807, 2.05) is 11.8 Å². The molecule has 0 aliphatic carbocycles. The fraction of sp³-hybridized carbons (Fsp3) is 0.538. The van der Waals surface area contributed by atoms with Crippen molar-refractivity contribution in [2.24, 2.45) is 5.73 Å². The summed E-state index contributed by atoms with van der Waals surface area (Å²) in [6, 6.07) is 8.84. The molecule has 0 aliphatic rings. The average Bonchev–Trinajstić information content (AvgIpc) is 2.28. The van der Waals surface area contributed by atoms with Crippen LogP contribution in [0.2, 0.25) is 0 Å². The SMILES string of the molecule is CCSc1ccc(C(C)(C)CNCN)cc1. The van der Waals surface area contributed by atoms with Gasteiger partial charge >= 0.3 is 0 Å². The van der Waals surface area contributed by atoms with E-state index in [1.165, 1.54) is 10.5 Å². The van der Waals surface area contributed by atoms with Crippen molar-refractivity contribution in [2.45, 2.75) is 31.1 Å². The van der Waals surface area contributed by atoms with Crippen LogP contribution in [0.15, 0.2) is 29.2 Å². The third-order valence-corrected chi connectivity index (χ3v) is 3.55. The quantitative estimate of drug-likeness (QED) is 0.591. The topological polar surface area (TPSA) is 38.0 Å². The summed E-state index contributed by atoms with van der Waals surface area (Å²) in [5.41, 5.74) is 6.95. The second-order valence-electron chi connectivity index (χ2n) is 4.47. The summed E-state index contributed by atoms with van der Waals surface area (Å²) in [4.78, 5) is 1.34. The van der Waals surface area contributed by atoms with Crippen LogP contribution in [0.25, 0.3) is 0 Å². The van der Waals surface area contributed by atoms with Gasteiger partial charge in [0.15, 0.2) is 0 Å². The van der Waals surface area contributed by atoms with E-state index in [0.29, 0.717) is 6.67 Å². The minimum Gasteiger partial charge on any atom is -0.318 e. The number of thioether (sulfide) groups is 1. The fourth-order valence-corrected chi connectivity index (χ4v) is 2.32. The van der Waals surface area contributed by atoms with E-state index in [0.717, 1.165) is 12.3 Å². The van der Waals surface area contributed by atoms with Crippen molar-refractivity contribution in [3.63, 3.8) is 0 Å². The Balaban J connectivity index is 2.71. The van der Waals surface area contributed by atoms with E-state index >= 15 is 0 Å². The normalized spacial score (nSPS) is 11.8. The summed E-state index contributed by atoms with van der Waals surface area (Å²) in [6.07, 6.45) is 0. The molecule has 0 aliphatic heterocycles. The Bertz CT molecular complexity index is 306. The Hall–Kier alpha value is -0.510. The number of nitrogens with two attached hydrogens (primary N) is 1. The molecule has 1 aromatic carbocycles. The molecule has 0 radical (unpaired) electrons. The molecule has 3 N–H and O–H groups in total. The van der Waals surface area contributed by atoms with E-state index in [4.69, 9.17) is 5.73 Å². The van der Waals surface area contributed by atoms with E-state index in [1.54, 1.807) is 0 Å². The maximum Gasteiger partial charge on any atom is 0.0429 e. The smallest absolute Gasteiger partial charge is 0.0429 e. The van der Waals surface area contributed by atoms with Gasteiger partial charge in [0, 0.05) is 23.5 Å². The van der Waals surface area contributed by atoms with Gasteiger partial charge in [-0.2, -0.15) is 0 Å². The Labute approximate surface area is 103 Å². The molecule has 0 saturated carbocycles. The molecule has 3 heteroatoms. The van der Waals surface area contributed by atoms with Crippen LogP contribution >= 0.6 is 11.8 Å². The molecule has 1 aromatic rings. The first-order valence-corrected chi connectivity index (χ1v) is 6.73. The molecule has 0 atom stereocenters. The standard InChI is InChI=1S/C13H22N2S/c1-4-16-12-7-5-11(6-8-12)13(2,3)9-15-10-14/h5-8,15H,4,9-10,14H2,1-3H3. The van der Waals surface area contributed by atoms with Gasteiger partial charge in [0.1, 0.15) is 0 Å². The van der Waals surface area contributed by atoms with Gasteiger partial charge in [0.25, 0.3) is 0 Å². The highest BCUT2D eigenvalue weighted by atomic mass is 32.2. The van der Waals surface area contributed by atoms with E-state index in [-0.39, 0.29) is 5.41 Å². The molecule has 0 fully saturated rings. The van der Waals surface area contributed by atoms with Gasteiger partial charge in [-0.05, 0) is 23.4 Å². The molecule has 16 heavy (non-hydrogen) atoms. The number of rotatable bonds is 6. The van der Waals surface area contributed by atoms with Crippen LogP contribution in [0.1, 0.15) is 26.3 Å². The molecular weight excluding hydrogens is 216 g/mol. The van der Waals surface area contributed by atoms with Crippen molar-refractivity contribution in [3.05, 3.63) is 29.8 Å². The third-order valence-electron chi connectivity index (χ3n) is 2.66. The fourth-order valence-electron chi connectivity index (χ4n) is 1.66. The molecule has 0 heterocycles. The van der Waals surface area contributed by atoms with Crippen LogP contribution in [-0.2, 0) is 5.41 Å². The molecule has 0 aromatic heterocycles. The zero-order valence-electron chi connectivity index (χ0n) is 10.4. The predicted molar refractivity (Wildman–Crippen MR) is 72.9 cm³/mol. The summed E-state index contributed by atoms with van der Waals surface area (Å²) in [5, 5.41) is 3.20. The highest BCUT2D eigenvalue weighted by Crippen LogP contribution is 2.25. The molecule has 0 amide bonds. The molecule has 1 rings (SSSR count). The van der Waals surface area contributed by atoms with Gasteiger partial charge in [-0.15, -0.1) is 11.8 Å². The summed E-state index contributed by atoms with van der Waals surface area (Å²) in [5.74, 6) is 1.12. The van der Waals surface area contributed by atoms with Crippen LogP contribution in [0, 0.1) is 0 Å². The molecular formula is C13H22N2S. The van der Waals surface area contributed by atoms with Crippen LogP contribution in [0.3, 0.4) is 0 Å². The minimum absolute atomic E-state index is 0.134. The van der Waals surface area contributed by atoms with E-state index in [9.17, 15) is 0 Å². The predicted octanol–water partition coefficient (Wildman–Crippen LogP) is 2.58. The third kappa shape index (κ3) is 3.81.